The molecule has 1 fully saturated rings. The van der Waals surface area contributed by atoms with Crippen LogP contribution in [0.1, 0.15) is 56.5 Å². The van der Waals surface area contributed by atoms with Gasteiger partial charge in [0.2, 0.25) is 0 Å². The summed E-state index contributed by atoms with van der Waals surface area (Å²) in [5.74, 6) is 0. The van der Waals surface area contributed by atoms with Gasteiger partial charge >= 0.3 is 0 Å². The van der Waals surface area contributed by atoms with E-state index >= 15 is 0 Å². The van der Waals surface area contributed by atoms with Gasteiger partial charge in [-0.2, -0.15) is 0 Å². The third-order valence-corrected chi connectivity index (χ3v) is 5.24. The first-order valence-corrected chi connectivity index (χ1v) is 8.26. The van der Waals surface area contributed by atoms with Crippen molar-refractivity contribution < 1.29 is 0 Å². The fraction of sp³-hybridized carbons (Fsp3) is 0.562. The lowest BCUT2D eigenvalue weighted by atomic mass is 10.1. The first-order valence-electron chi connectivity index (χ1n) is 7.44. The van der Waals surface area contributed by atoms with Crippen LogP contribution in [0.15, 0.2) is 24.3 Å². The molecule has 1 aliphatic carbocycles. The zero-order valence-corrected chi connectivity index (χ0v) is 12.4. The monoisotopic (exact) mass is 274 g/mol. The molecule has 1 aromatic heterocycles. The Hall–Kier alpha value is -0.930. The van der Waals surface area contributed by atoms with Crippen LogP contribution >= 0.6 is 11.3 Å². The second-order valence-electron chi connectivity index (χ2n) is 5.60. The van der Waals surface area contributed by atoms with Crippen LogP contribution in [0.2, 0.25) is 0 Å². The van der Waals surface area contributed by atoms with Gasteiger partial charge in [0, 0.05) is 6.04 Å². The van der Waals surface area contributed by atoms with Crippen LogP contribution in [-0.4, -0.2) is 11.0 Å². The van der Waals surface area contributed by atoms with Crippen LogP contribution < -0.4 is 5.32 Å². The van der Waals surface area contributed by atoms with E-state index < -0.39 is 0 Å². The highest BCUT2D eigenvalue weighted by Crippen LogP contribution is 2.27. The Morgan fingerprint density at radius 2 is 1.89 bits per heavy atom. The summed E-state index contributed by atoms with van der Waals surface area (Å²) < 4.78 is 1.30. The second kappa shape index (κ2) is 6.02. The van der Waals surface area contributed by atoms with Gasteiger partial charge in [0.15, 0.2) is 0 Å². The van der Waals surface area contributed by atoms with Crippen molar-refractivity contribution in [2.75, 3.05) is 0 Å². The Balaban J connectivity index is 1.70. The van der Waals surface area contributed by atoms with Crippen LogP contribution in [0.3, 0.4) is 0 Å². The highest BCUT2D eigenvalue weighted by molar-refractivity contribution is 7.18. The van der Waals surface area contributed by atoms with Gasteiger partial charge in [-0.05, 0) is 31.9 Å². The molecule has 0 amide bonds. The fourth-order valence-corrected chi connectivity index (χ4v) is 3.93. The summed E-state index contributed by atoms with van der Waals surface area (Å²) in [6, 6.07) is 9.48. The molecule has 0 saturated heterocycles. The molecular weight excluding hydrogens is 252 g/mol. The van der Waals surface area contributed by atoms with Gasteiger partial charge in [0.05, 0.1) is 16.3 Å². The summed E-state index contributed by atoms with van der Waals surface area (Å²) in [7, 11) is 0. The highest BCUT2D eigenvalue weighted by atomic mass is 32.1. The van der Waals surface area contributed by atoms with Crippen molar-refractivity contribution in [1.82, 2.24) is 10.3 Å². The molecule has 1 saturated carbocycles. The van der Waals surface area contributed by atoms with Gasteiger partial charge in [-0.25, -0.2) is 4.98 Å². The van der Waals surface area contributed by atoms with E-state index in [0.29, 0.717) is 12.1 Å². The molecule has 1 aliphatic rings. The van der Waals surface area contributed by atoms with Gasteiger partial charge in [-0.1, -0.05) is 37.8 Å². The molecule has 1 aromatic carbocycles. The predicted molar refractivity (Wildman–Crippen MR) is 82.7 cm³/mol. The minimum absolute atomic E-state index is 0.375. The molecule has 3 rings (SSSR count). The largest absolute Gasteiger partial charge is 0.305 e. The molecule has 3 heteroatoms. The SMILES string of the molecule is CC(NC1CCCCCC1)c1nc2ccccc2s1. The first-order chi connectivity index (χ1) is 9.33. The van der Waals surface area contributed by atoms with Crippen molar-refractivity contribution in [3.05, 3.63) is 29.3 Å². The van der Waals surface area contributed by atoms with E-state index in [1.54, 1.807) is 0 Å². The van der Waals surface area contributed by atoms with E-state index in [4.69, 9.17) is 4.98 Å². The Bertz CT molecular complexity index is 493. The molecule has 0 aliphatic heterocycles. The molecule has 1 atom stereocenters. The maximum absolute atomic E-state index is 4.76. The summed E-state index contributed by atoms with van der Waals surface area (Å²) in [5, 5.41) is 5.01. The molecule has 2 aromatic rings. The molecule has 19 heavy (non-hydrogen) atoms. The predicted octanol–water partition coefficient (Wildman–Crippen LogP) is 4.67. The van der Waals surface area contributed by atoms with Gasteiger partial charge < -0.3 is 5.32 Å². The number of nitrogens with one attached hydrogen (secondary N) is 1. The number of hydrogen-bond acceptors (Lipinski definition) is 3. The Morgan fingerprint density at radius 1 is 1.16 bits per heavy atom. The number of rotatable bonds is 3. The molecule has 102 valence electrons. The summed E-state index contributed by atoms with van der Waals surface area (Å²) in [6.07, 6.45) is 8.24. The summed E-state index contributed by atoms with van der Waals surface area (Å²) in [5.41, 5.74) is 1.14. The smallest absolute Gasteiger partial charge is 0.111 e. The van der Waals surface area contributed by atoms with E-state index in [2.05, 4.69) is 36.5 Å². The molecule has 2 nitrogen and oxygen atoms in total. The maximum atomic E-state index is 4.76. The maximum Gasteiger partial charge on any atom is 0.111 e. The molecule has 0 bridgehead atoms. The lowest BCUT2D eigenvalue weighted by Crippen LogP contribution is -2.30. The number of para-hydroxylation sites is 1. The van der Waals surface area contributed by atoms with Crippen molar-refractivity contribution in [2.24, 2.45) is 0 Å². The van der Waals surface area contributed by atoms with Crippen molar-refractivity contribution in [3.63, 3.8) is 0 Å². The highest BCUT2D eigenvalue weighted by Gasteiger charge is 2.17. The zero-order chi connectivity index (χ0) is 13.1. The second-order valence-corrected chi connectivity index (χ2v) is 6.66. The minimum atomic E-state index is 0.375. The van der Waals surface area contributed by atoms with Crippen LogP contribution in [0.25, 0.3) is 10.2 Å². The van der Waals surface area contributed by atoms with Crippen LogP contribution in [0.4, 0.5) is 0 Å². The average molecular weight is 274 g/mol. The summed E-state index contributed by atoms with van der Waals surface area (Å²) in [4.78, 5) is 4.76. The quantitative estimate of drug-likeness (QED) is 0.823. The molecule has 0 spiro atoms. The lowest BCUT2D eigenvalue weighted by molar-refractivity contribution is 0.414. The Labute approximate surface area is 119 Å². The molecule has 1 heterocycles. The van der Waals surface area contributed by atoms with E-state index in [1.165, 1.54) is 48.2 Å². The number of aromatic nitrogens is 1. The van der Waals surface area contributed by atoms with E-state index in [1.807, 2.05) is 11.3 Å². The summed E-state index contributed by atoms with van der Waals surface area (Å²) >= 11 is 1.83. The van der Waals surface area contributed by atoms with Crippen molar-refractivity contribution in [2.45, 2.75) is 57.5 Å². The topological polar surface area (TPSA) is 24.9 Å². The first kappa shape index (κ1) is 13.1. The van der Waals surface area contributed by atoms with E-state index in [0.717, 1.165) is 5.52 Å². The molecule has 1 unspecified atom stereocenters. The molecular formula is C16H22N2S. The van der Waals surface area contributed by atoms with Crippen LogP contribution in [0.5, 0.6) is 0 Å². The van der Waals surface area contributed by atoms with Gasteiger partial charge in [0.25, 0.3) is 0 Å². The minimum Gasteiger partial charge on any atom is -0.305 e. The number of thiazole rings is 1. The van der Waals surface area contributed by atoms with Crippen molar-refractivity contribution >= 4 is 21.6 Å². The number of hydrogen-bond donors (Lipinski definition) is 1. The summed E-state index contributed by atoms with van der Waals surface area (Å²) in [6.45, 7) is 2.25. The third-order valence-electron chi connectivity index (χ3n) is 4.02. The Morgan fingerprint density at radius 3 is 2.63 bits per heavy atom. The van der Waals surface area contributed by atoms with Crippen molar-refractivity contribution in [1.29, 1.82) is 0 Å². The van der Waals surface area contributed by atoms with Gasteiger partial charge in [0.1, 0.15) is 5.01 Å². The fourth-order valence-electron chi connectivity index (χ4n) is 2.95. The number of nitrogens with zero attached hydrogens (tertiary/aromatic N) is 1. The Kier molecular flexibility index (Phi) is 4.14. The number of benzene rings is 1. The van der Waals surface area contributed by atoms with Gasteiger partial charge in [-0.3, -0.25) is 0 Å². The molecule has 0 radical (unpaired) electrons. The number of fused-ring (bicyclic) bond motifs is 1. The standard InChI is InChI=1S/C16H22N2S/c1-12(17-13-8-4-2-3-5-9-13)16-18-14-10-6-7-11-15(14)19-16/h6-7,10-13,17H,2-5,8-9H2,1H3. The van der Waals surface area contributed by atoms with Crippen LogP contribution in [-0.2, 0) is 0 Å². The average Bonchev–Trinajstić information content (AvgIpc) is 2.70. The third kappa shape index (κ3) is 3.15. The zero-order valence-electron chi connectivity index (χ0n) is 11.6. The van der Waals surface area contributed by atoms with Crippen molar-refractivity contribution in [3.8, 4) is 0 Å². The van der Waals surface area contributed by atoms with E-state index in [9.17, 15) is 0 Å². The molecule has 1 N–H and O–H groups in total. The lowest BCUT2D eigenvalue weighted by Gasteiger charge is -2.20. The van der Waals surface area contributed by atoms with Crippen LogP contribution in [0, 0.1) is 0 Å². The normalized spacial score (nSPS) is 19.4. The van der Waals surface area contributed by atoms with E-state index in [-0.39, 0.29) is 0 Å². The van der Waals surface area contributed by atoms with Gasteiger partial charge in [-0.15, -0.1) is 11.3 Å².